The molecule has 1 aromatic carbocycles. The number of aliphatic hydroxyl groups is 1. The van der Waals surface area contributed by atoms with Crippen LogP contribution in [-0.4, -0.2) is 31.3 Å². The molecule has 0 aliphatic rings. The number of methoxy groups -OCH3 is 1. The fourth-order valence-corrected chi connectivity index (χ4v) is 1.71. The molecular weight excluding hydrogens is 270 g/mol. The van der Waals surface area contributed by atoms with Gasteiger partial charge in [0.15, 0.2) is 18.1 Å². The zero-order valence-corrected chi connectivity index (χ0v) is 11.5. The Morgan fingerprint density at radius 2 is 2.21 bits per heavy atom. The van der Waals surface area contributed by atoms with Crippen LogP contribution < -0.4 is 15.2 Å². The van der Waals surface area contributed by atoms with Gasteiger partial charge in [-0.15, -0.1) is 0 Å². The topological polar surface area (TPSA) is 81.8 Å². The predicted molar refractivity (Wildman–Crippen MR) is 73.4 cm³/mol. The Balaban J connectivity index is 3.10. The Kier molecular flexibility index (Phi) is 5.66. The maximum Gasteiger partial charge on any atom is 0.255 e. The first-order valence-corrected chi connectivity index (χ1v) is 5.92. The highest BCUT2D eigenvalue weighted by atomic mass is 35.5. The number of rotatable bonds is 6. The Morgan fingerprint density at radius 1 is 1.53 bits per heavy atom. The number of hydrogen-bond acceptors (Lipinski definition) is 4. The van der Waals surface area contributed by atoms with Crippen molar-refractivity contribution in [2.75, 3.05) is 20.3 Å². The summed E-state index contributed by atoms with van der Waals surface area (Å²) >= 11 is 6.07. The van der Waals surface area contributed by atoms with Crippen LogP contribution in [0.1, 0.15) is 12.5 Å². The standard InChI is InChI=1S/C13H16ClNO4/c1-8(6-16)3-9-4-10(14)13(11(5-9)18-2)19-7-12(15)17/h3-5,16H,6-7H2,1-2H3,(H2,15,17). The number of hydrogen-bond donors (Lipinski definition) is 2. The Morgan fingerprint density at radius 3 is 2.74 bits per heavy atom. The lowest BCUT2D eigenvalue weighted by Crippen LogP contribution is -2.20. The maximum atomic E-state index is 10.7. The van der Waals surface area contributed by atoms with Crippen LogP contribution in [0, 0.1) is 0 Å². The van der Waals surface area contributed by atoms with E-state index in [1.165, 1.54) is 7.11 Å². The molecule has 0 atom stereocenters. The molecule has 0 aliphatic heterocycles. The van der Waals surface area contributed by atoms with Gasteiger partial charge in [0.25, 0.3) is 5.91 Å². The smallest absolute Gasteiger partial charge is 0.255 e. The van der Waals surface area contributed by atoms with Crippen LogP contribution in [0.4, 0.5) is 0 Å². The predicted octanol–water partition coefficient (Wildman–Crippen LogP) is 1.61. The third-order valence-corrected chi connectivity index (χ3v) is 2.55. The monoisotopic (exact) mass is 285 g/mol. The highest BCUT2D eigenvalue weighted by Gasteiger charge is 2.12. The van der Waals surface area contributed by atoms with Gasteiger partial charge >= 0.3 is 0 Å². The first-order valence-electron chi connectivity index (χ1n) is 5.54. The van der Waals surface area contributed by atoms with Crippen LogP contribution in [0.15, 0.2) is 17.7 Å². The molecule has 19 heavy (non-hydrogen) atoms. The fourth-order valence-electron chi connectivity index (χ4n) is 1.44. The van der Waals surface area contributed by atoms with Gasteiger partial charge in [-0.25, -0.2) is 0 Å². The summed E-state index contributed by atoms with van der Waals surface area (Å²) < 4.78 is 10.4. The quantitative estimate of drug-likeness (QED) is 0.832. The minimum atomic E-state index is -0.599. The van der Waals surface area contributed by atoms with E-state index < -0.39 is 5.91 Å². The van der Waals surface area contributed by atoms with Crippen molar-refractivity contribution in [1.29, 1.82) is 0 Å². The number of halogens is 1. The zero-order chi connectivity index (χ0) is 14.4. The molecule has 0 heterocycles. The van der Waals surface area contributed by atoms with Gasteiger partial charge in [0.2, 0.25) is 0 Å². The van der Waals surface area contributed by atoms with Gasteiger partial charge in [0.05, 0.1) is 18.7 Å². The molecule has 3 N–H and O–H groups in total. The van der Waals surface area contributed by atoms with Crippen molar-refractivity contribution < 1.29 is 19.4 Å². The minimum Gasteiger partial charge on any atom is -0.493 e. The van der Waals surface area contributed by atoms with E-state index in [9.17, 15) is 4.79 Å². The van der Waals surface area contributed by atoms with Crippen LogP contribution in [0.5, 0.6) is 11.5 Å². The highest BCUT2D eigenvalue weighted by molar-refractivity contribution is 6.32. The summed E-state index contributed by atoms with van der Waals surface area (Å²) in [6.45, 7) is 1.47. The van der Waals surface area contributed by atoms with E-state index in [0.29, 0.717) is 10.8 Å². The lowest BCUT2D eigenvalue weighted by Gasteiger charge is -2.12. The van der Waals surface area contributed by atoms with Gasteiger partial charge in [-0.2, -0.15) is 0 Å². The number of amides is 1. The highest BCUT2D eigenvalue weighted by Crippen LogP contribution is 2.36. The van der Waals surface area contributed by atoms with Crippen LogP contribution in [-0.2, 0) is 4.79 Å². The van der Waals surface area contributed by atoms with Crippen molar-refractivity contribution in [3.63, 3.8) is 0 Å². The van der Waals surface area contributed by atoms with Crippen molar-refractivity contribution in [2.45, 2.75) is 6.92 Å². The molecule has 1 aromatic rings. The SMILES string of the molecule is COc1cc(C=C(C)CO)cc(Cl)c1OCC(N)=O. The van der Waals surface area contributed by atoms with Crippen molar-refractivity contribution >= 4 is 23.6 Å². The number of aliphatic hydroxyl groups excluding tert-OH is 1. The van der Waals surface area contributed by atoms with E-state index >= 15 is 0 Å². The molecule has 6 heteroatoms. The first-order chi connectivity index (χ1) is 8.97. The van der Waals surface area contributed by atoms with Crippen LogP contribution in [0.3, 0.4) is 0 Å². The molecule has 5 nitrogen and oxygen atoms in total. The molecule has 0 fully saturated rings. The van der Waals surface area contributed by atoms with Crippen LogP contribution in [0.2, 0.25) is 5.02 Å². The fraction of sp³-hybridized carbons (Fsp3) is 0.308. The van der Waals surface area contributed by atoms with Crippen LogP contribution >= 0.6 is 11.6 Å². The average molecular weight is 286 g/mol. The first kappa shape index (κ1) is 15.3. The molecule has 0 bridgehead atoms. The minimum absolute atomic E-state index is 0.0418. The number of primary amides is 1. The lowest BCUT2D eigenvalue weighted by atomic mass is 10.1. The third kappa shape index (κ3) is 4.46. The molecule has 0 spiro atoms. The molecule has 104 valence electrons. The molecule has 0 radical (unpaired) electrons. The Labute approximate surface area is 116 Å². The normalized spacial score (nSPS) is 11.3. The second-order valence-electron chi connectivity index (χ2n) is 3.94. The van der Waals surface area contributed by atoms with Crippen molar-refractivity contribution in [1.82, 2.24) is 0 Å². The Bertz CT molecular complexity index is 500. The summed E-state index contributed by atoms with van der Waals surface area (Å²) in [5, 5.41) is 9.29. The van der Waals surface area contributed by atoms with Gasteiger partial charge in [-0.1, -0.05) is 17.7 Å². The Hall–Kier alpha value is -1.72. The van der Waals surface area contributed by atoms with E-state index in [0.717, 1.165) is 11.1 Å². The van der Waals surface area contributed by atoms with Crippen LogP contribution in [0.25, 0.3) is 6.08 Å². The van der Waals surface area contributed by atoms with Gasteiger partial charge in [-0.05, 0) is 30.2 Å². The second kappa shape index (κ2) is 7.01. The molecule has 0 aliphatic carbocycles. The number of carbonyl (C=O) groups excluding carboxylic acids is 1. The van der Waals surface area contributed by atoms with E-state index in [-0.39, 0.29) is 19.0 Å². The average Bonchev–Trinajstić information content (AvgIpc) is 2.36. The summed E-state index contributed by atoms with van der Waals surface area (Å²) in [4.78, 5) is 10.7. The number of benzene rings is 1. The molecule has 0 saturated heterocycles. The summed E-state index contributed by atoms with van der Waals surface area (Å²) in [6, 6.07) is 3.35. The molecule has 0 aromatic heterocycles. The lowest BCUT2D eigenvalue weighted by molar-refractivity contribution is -0.119. The summed E-state index contributed by atoms with van der Waals surface area (Å²) in [6.07, 6.45) is 1.77. The molecular formula is C13H16ClNO4. The largest absolute Gasteiger partial charge is 0.493 e. The summed E-state index contributed by atoms with van der Waals surface area (Å²) in [5.41, 5.74) is 6.56. The van der Waals surface area contributed by atoms with E-state index in [1.54, 1.807) is 25.1 Å². The van der Waals surface area contributed by atoms with Crippen molar-refractivity contribution in [3.05, 3.63) is 28.3 Å². The van der Waals surface area contributed by atoms with Crippen molar-refractivity contribution in [2.24, 2.45) is 5.73 Å². The van der Waals surface area contributed by atoms with Gasteiger partial charge in [-0.3, -0.25) is 4.79 Å². The molecule has 0 unspecified atom stereocenters. The van der Waals surface area contributed by atoms with E-state index in [2.05, 4.69) is 0 Å². The van der Waals surface area contributed by atoms with Gasteiger partial charge in [0, 0.05) is 0 Å². The maximum absolute atomic E-state index is 10.7. The molecule has 0 saturated carbocycles. The zero-order valence-electron chi connectivity index (χ0n) is 10.8. The van der Waals surface area contributed by atoms with E-state index in [4.69, 9.17) is 31.9 Å². The van der Waals surface area contributed by atoms with E-state index in [1.807, 2.05) is 0 Å². The van der Waals surface area contributed by atoms with Crippen molar-refractivity contribution in [3.8, 4) is 11.5 Å². The summed E-state index contributed by atoms with van der Waals surface area (Å²) in [7, 11) is 1.47. The van der Waals surface area contributed by atoms with Gasteiger partial charge < -0.3 is 20.3 Å². The summed E-state index contributed by atoms with van der Waals surface area (Å²) in [5.74, 6) is 0.0609. The third-order valence-electron chi connectivity index (χ3n) is 2.27. The molecule has 1 amide bonds. The van der Waals surface area contributed by atoms with Gasteiger partial charge in [0.1, 0.15) is 0 Å². The number of ether oxygens (including phenoxy) is 2. The number of nitrogens with two attached hydrogens (primary N) is 1. The number of carbonyl (C=O) groups is 1. The second-order valence-corrected chi connectivity index (χ2v) is 4.35. The molecule has 1 rings (SSSR count).